The van der Waals surface area contributed by atoms with E-state index in [-0.39, 0.29) is 18.1 Å². The predicted octanol–water partition coefficient (Wildman–Crippen LogP) is 3.51. The number of rotatable bonds is 4. The number of hydrogen-bond acceptors (Lipinski definition) is 5. The lowest BCUT2D eigenvalue weighted by atomic mass is 10.2. The molecule has 0 amide bonds. The van der Waals surface area contributed by atoms with Crippen LogP contribution in [0.3, 0.4) is 0 Å². The molecule has 1 N–H and O–H groups in total. The third kappa shape index (κ3) is 2.90. The Morgan fingerprint density at radius 3 is 3.00 bits per heavy atom. The smallest absolute Gasteiger partial charge is 0.360 e. The first-order chi connectivity index (χ1) is 9.13. The summed E-state index contributed by atoms with van der Waals surface area (Å²) in [5.74, 6) is -0.886. The summed E-state index contributed by atoms with van der Waals surface area (Å²) in [5.41, 5.74) is 2.79. The van der Waals surface area contributed by atoms with E-state index in [9.17, 15) is 9.18 Å². The average molecular weight is 280 g/mol. The van der Waals surface area contributed by atoms with Gasteiger partial charge in [-0.15, -0.1) is 11.3 Å². The van der Waals surface area contributed by atoms with E-state index in [2.05, 4.69) is 10.3 Å². The molecule has 100 valence electrons. The molecule has 0 spiro atoms. The molecule has 1 aromatic carbocycles. The SMILES string of the molecule is CCOC(=O)c1ncsc1Nc1c(C)cccc1F. The van der Waals surface area contributed by atoms with E-state index in [1.54, 1.807) is 26.0 Å². The molecule has 1 aromatic heterocycles. The molecule has 4 nitrogen and oxygen atoms in total. The minimum absolute atomic E-state index is 0.175. The Morgan fingerprint density at radius 2 is 2.32 bits per heavy atom. The largest absolute Gasteiger partial charge is 0.461 e. The van der Waals surface area contributed by atoms with Crippen molar-refractivity contribution < 1.29 is 13.9 Å². The van der Waals surface area contributed by atoms with E-state index in [0.29, 0.717) is 10.7 Å². The lowest BCUT2D eigenvalue weighted by molar-refractivity contribution is 0.0521. The monoisotopic (exact) mass is 280 g/mol. The molecule has 0 aliphatic heterocycles. The highest BCUT2D eigenvalue weighted by Crippen LogP contribution is 2.29. The van der Waals surface area contributed by atoms with Crippen molar-refractivity contribution in [3.63, 3.8) is 0 Å². The normalized spacial score (nSPS) is 10.3. The van der Waals surface area contributed by atoms with E-state index in [0.717, 1.165) is 5.56 Å². The molecule has 2 rings (SSSR count). The maximum Gasteiger partial charge on any atom is 0.360 e. The lowest BCUT2D eigenvalue weighted by Gasteiger charge is -2.09. The predicted molar refractivity (Wildman–Crippen MR) is 72.5 cm³/mol. The van der Waals surface area contributed by atoms with Gasteiger partial charge in [-0.05, 0) is 25.5 Å². The summed E-state index contributed by atoms with van der Waals surface area (Å²) in [5, 5.41) is 3.39. The Kier molecular flexibility index (Phi) is 4.11. The summed E-state index contributed by atoms with van der Waals surface area (Å²) in [4.78, 5) is 15.6. The van der Waals surface area contributed by atoms with E-state index < -0.39 is 5.97 Å². The van der Waals surface area contributed by atoms with Crippen molar-refractivity contribution >= 4 is 28.0 Å². The molecule has 0 fully saturated rings. The molecule has 1 heterocycles. The van der Waals surface area contributed by atoms with E-state index in [4.69, 9.17) is 4.74 Å². The van der Waals surface area contributed by atoms with Gasteiger partial charge in [0.2, 0.25) is 0 Å². The number of nitrogens with one attached hydrogen (secondary N) is 1. The number of esters is 1. The number of benzene rings is 1. The van der Waals surface area contributed by atoms with Gasteiger partial charge >= 0.3 is 5.97 Å². The Bertz CT molecular complexity index is 578. The van der Waals surface area contributed by atoms with Gasteiger partial charge in [0.05, 0.1) is 17.8 Å². The van der Waals surface area contributed by atoms with Gasteiger partial charge in [-0.3, -0.25) is 0 Å². The number of para-hydroxylation sites is 1. The molecule has 0 unspecified atom stereocenters. The summed E-state index contributed by atoms with van der Waals surface area (Å²) < 4.78 is 18.6. The van der Waals surface area contributed by atoms with Gasteiger partial charge in [-0.2, -0.15) is 0 Å². The average Bonchev–Trinajstić information content (AvgIpc) is 2.82. The minimum atomic E-state index is -0.514. The first-order valence-corrected chi connectivity index (χ1v) is 6.64. The van der Waals surface area contributed by atoms with Crippen molar-refractivity contribution in [1.29, 1.82) is 0 Å². The fourth-order valence-corrected chi connectivity index (χ4v) is 2.26. The number of halogens is 1. The molecular formula is C13H13FN2O2S. The Morgan fingerprint density at radius 1 is 1.53 bits per heavy atom. The van der Waals surface area contributed by atoms with E-state index in [1.807, 2.05) is 0 Å². The maximum atomic E-state index is 13.7. The molecule has 2 aromatic rings. The number of carbonyl (C=O) groups excluding carboxylic acids is 1. The van der Waals surface area contributed by atoms with Crippen molar-refractivity contribution in [1.82, 2.24) is 4.98 Å². The maximum absolute atomic E-state index is 13.7. The summed E-state index contributed by atoms with van der Waals surface area (Å²) in [7, 11) is 0. The molecule has 19 heavy (non-hydrogen) atoms. The molecule has 6 heteroatoms. The quantitative estimate of drug-likeness (QED) is 0.871. The van der Waals surface area contributed by atoms with Crippen LogP contribution in [0.1, 0.15) is 23.0 Å². The van der Waals surface area contributed by atoms with Crippen LogP contribution in [0.4, 0.5) is 15.1 Å². The molecular weight excluding hydrogens is 267 g/mol. The van der Waals surface area contributed by atoms with Crippen molar-refractivity contribution in [3.05, 3.63) is 40.8 Å². The Hall–Kier alpha value is -1.95. The van der Waals surface area contributed by atoms with Crippen LogP contribution in [-0.4, -0.2) is 17.6 Å². The molecule has 0 saturated heterocycles. The number of ether oxygens (including phenoxy) is 1. The number of thiazole rings is 1. The van der Waals surface area contributed by atoms with Gasteiger partial charge in [-0.1, -0.05) is 12.1 Å². The molecule has 0 aliphatic rings. The highest BCUT2D eigenvalue weighted by Gasteiger charge is 2.17. The number of anilines is 2. The van der Waals surface area contributed by atoms with Crippen LogP contribution >= 0.6 is 11.3 Å². The van der Waals surface area contributed by atoms with Gasteiger partial charge in [0, 0.05) is 0 Å². The second-order valence-corrected chi connectivity index (χ2v) is 4.66. The zero-order valence-electron chi connectivity index (χ0n) is 10.6. The first-order valence-electron chi connectivity index (χ1n) is 5.76. The number of aryl methyl sites for hydroxylation is 1. The molecule has 0 bridgehead atoms. The molecule has 0 saturated carbocycles. The number of carbonyl (C=O) groups is 1. The van der Waals surface area contributed by atoms with Gasteiger partial charge < -0.3 is 10.1 Å². The fourth-order valence-electron chi connectivity index (χ4n) is 1.58. The van der Waals surface area contributed by atoms with Gasteiger partial charge in [0.1, 0.15) is 10.8 Å². The number of nitrogens with zero attached hydrogens (tertiary/aromatic N) is 1. The van der Waals surface area contributed by atoms with Crippen LogP contribution in [0.15, 0.2) is 23.7 Å². The zero-order valence-corrected chi connectivity index (χ0v) is 11.4. The van der Waals surface area contributed by atoms with Crippen LogP contribution in [-0.2, 0) is 4.74 Å². The Balaban J connectivity index is 2.30. The summed E-state index contributed by atoms with van der Waals surface area (Å²) in [6.45, 7) is 3.78. The third-order valence-electron chi connectivity index (χ3n) is 2.50. The second kappa shape index (κ2) is 5.79. The number of hydrogen-bond donors (Lipinski definition) is 1. The lowest BCUT2D eigenvalue weighted by Crippen LogP contribution is -2.08. The van der Waals surface area contributed by atoms with Crippen molar-refractivity contribution in [2.45, 2.75) is 13.8 Å². The van der Waals surface area contributed by atoms with Crippen molar-refractivity contribution in [2.24, 2.45) is 0 Å². The topological polar surface area (TPSA) is 51.2 Å². The summed E-state index contributed by atoms with van der Waals surface area (Å²) >= 11 is 1.23. The van der Waals surface area contributed by atoms with Crippen LogP contribution in [0.5, 0.6) is 0 Å². The van der Waals surface area contributed by atoms with Crippen LogP contribution in [0, 0.1) is 12.7 Å². The molecule has 0 atom stereocenters. The van der Waals surface area contributed by atoms with Gasteiger partial charge in [0.15, 0.2) is 5.69 Å². The van der Waals surface area contributed by atoms with Crippen LogP contribution in [0.25, 0.3) is 0 Å². The van der Waals surface area contributed by atoms with Crippen LogP contribution in [0.2, 0.25) is 0 Å². The van der Waals surface area contributed by atoms with Gasteiger partial charge in [-0.25, -0.2) is 14.2 Å². The highest BCUT2D eigenvalue weighted by molar-refractivity contribution is 7.14. The first kappa shape index (κ1) is 13.5. The Labute approximate surface area is 114 Å². The standard InChI is InChI=1S/C13H13FN2O2S/c1-3-18-13(17)11-12(19-7-15-11)16-10-8(2)5-4-6-9(10)14/h4-7,16H,3H2,1-2H3. The second-order valence-electron chi connectivity index (χ2n) is 3.81. The van der Waals surface area contributed by atoms with Crippen molar-refractivity contribution in [2.75, 3.05) is 11.9 Å². The van der Waals surface area contributed by atoms with E-state index >= 15 is 0 Å². The van der Waals surface area contributed by atoms with E-state index in [1.165, 1.54) is 22.9 Å². The summed E-state index contributed by atoms with van der Waals surface area (Å²) in [6, 6.07) is 4.78. The van der Waals surface area contributed by atoms with Crippen molar-refractivity contribution in [3.8, 4) is 0 Å². The zero-order chi connectivity index (χ0) is 13.8. The molecule has 0 aliphatic carbocycles. The van der Waals surface area contributed by atoms with Crippen LogP contribution < -0.4 is 5.32 Å². The molecule has 0 radical (unpaired) electrons. The summed E-state index contributed by atoms with van der Waals surface area (Å²) in [6.07, 6.45) is 0. The highest BCUT2D eigenvalue weighted by atomic mass is 32.1. The third-order valence-corrected chi connectivity index (χ3v) is 3.24. The fraction of sp³-hybridized carbons (Fsp3) is 0.231. The van der Waals surface area contributed by atoms with Gasteiger partial charge in [0.25, 0.3) is 0 Å². The number of aromatic nitrogens is 1. The minimum Gasteiger partial charge on any atom is -0.461 e.